The Balaban J connectivity index is 1.52. The van der Waals surface area contributed by atoms with Gasteiger partial charge in [0.05, 0.1) is 6.61 Å². The van der Waals surface area contributed by atoms with Crippen LogP contribution in [-0.2, 0) is 19.2 Å². The summed E-state index contributed by atoms with van der Waals surface area (Å²) in [5.41, 5.74) is 1.49. The summed E-state index contributed by atoms with van der Waals surface area (Å²) >= 11 is 13.4. The summed E-state index contributed by atoms with van der Waals surface area (Å²) in [6.45, 7) is 2.54. The molecule has 0 spiro atoms. The molecule has 0 radical (unpaired) electrons. The first-order chi connectivity index (χ1) is 13.5. The van der Waals surface area contributed by atoms with Crippen LogP contribution in [0, 0.1) is 12.7 Å². The SMILES string of the molecule is Cc1cc(Cl)ccc1OCCCc1nnc(SCc2c(F)cccc2Cl)n1C. The zero-order valence-electron chi connectivity index (χ0n) is 15.6. The van der Waals surface area contributed by atoms with Crippen molar-refractivity contribution in [1.29, 1.82) is 0 Å². The molecule has 148 valence electrons. The van der Waals surface area contributed by atoms with Gasteiger partial charge in [-0.2, -0.15) is 0 Å². The zero-order valence-corrected chi connectivity index (χ0v) is 17.9. The molecule has 1 aromatic heterocycles. The van der Waals surface area contributed by atoms with Crippen molar-refractivity contribution in [2.75, 3.05) is 6.61 Å². The summed E-state index contributed by atoms with van der Waals surface area (Å²) in [7, 11) is 1.91. The Bertz CT molecular complexity index is 944. The summed E-state index contributed by atoms with van der Waals surface area (Å²) in [4.78, 5) is 0. The molecule has 3 rings (SSSR count). The summed E-state index contributed by atoms with van der Waals surface area (Å²) in [6.07, 6.45) is 1.54. The van der Waals surface area contributed by atoms with E-state index in [4.69, 9.17) is 27.9 Å². The van der Waals surface area contributed by atoms with Crippen LogP contribution < -0.4 is 4.74 Å². The number of halogens is 3. The van der Waals surface area contributed by atoms with Crippen molar-refractivity contribution in [1.82, 2.24) is 14.8 Å². The van der Waals surface area contributed by atoms with Gasteiger partial charge < -0.3 is 9.30 Å². The Morgan fingerprint density at radius 2 is 2.00 bits per heavy atom. The summed E-state index contributed by atoms with van der Waals surface area (Å²) in [5.74, 6) is 1.78. The van der Waals surface area contributed by atoms with E-state index < -0.39 is 0 Å². The second kappa shape index (κ2) is 9.63. The topological polar surface area (TPSA) is 39.9 Å². The number of aromatic nitrogens is 3. The molecule has 0 saturated carbocycles. The number of benzene rings is 2. The van der Waals surface area contributed by atoms with Crippen molar-refractivity contribution in [3.05, 3.63) is 69.2 Å². The van der Waals surface area contributed by atoms with E-state index in [1.54, 1.807) is 12.1 Å². The van der Waals surface area contributed by atoms with Crippen molar-refractivity contribution in [3.8, 4) is 5.75 Å². The minimum atomic E-state index is -0.308. The van der Waals surface area contributed by atoms with Gasteiger partial charge in [0.2, 0.25) is 0 Å². The van der Waals surface area contributed by atoms with Crippen molar-refractivity contribution in [3.63, 3.8) is 0 Å². The fourth-order valence-electron chi connectivity index (χ4n) is 2.68. The number of hydrogen-bond donors (Lipinski definition) is 0. The minimum absolute atomic E-state index is 0.308. The van der Waals surface area contributed by atoms with Gasteiger partial charge >= 0.3 is 0 Å². The van der Waals surface area contributed by atoms with Crippen LogP contribution in [0.4, 0.5) is 4.39 Å². The third kappa shape index (κ3) is 5.19. The third-order valence-electron chi connectivity index (χ3n) is 4.27. The molecular weight excluding hydrogens is 420 g/mol. The van der Waals surface area contributed by atoms with E-state index in [0.717, 1.165) is 35.1 Å². The fraction of sp³-hybridized carbons (Fsp3) is 0.300. The van der Waals surface area contributed by atoms with Crippen molar-refractivity contribution < 1.29 is 9.13 Å². The largest absolute Gasteiger partial charge is 0.493 e. The molecule has 1 heterocycles. The molecule has 0 fully saturated rings. The molecule has 0 atom stereocenters. The van der Waals surface area contributed by atoms with E-state index >= 15 is 0 Å². The summed E-state index contributed by atoms with van der Waals surface area (Å²) < 4.78 is 21.6. The highest BCUT2D eigenvalue weighted by Crippen LogP contribution is 2.28. The molecule has 8 heteroatoms. The standard InChI is InChI=1S/C20H20Cl2FN3OS/c1-13-11-14(21)8-9-18(13)27-10-4-7-19-24-25-20(26(19)2)28-12-15-16(22)5-3-6-17(15)23/h3,5-6,8-9,11H,4,7,10,12H2,1-2H3. The fourth-order valence-corrected chi connectivity index (χ4v) is 4.18. The van der Waals surface area contributed by atoms with Gasteiger partial charge in [-0.15, -0.1) is 10.2 Å². The Morgan fingerprint density at radius 1 is 1.18 bits per heavy atom. The third-order valence-corrected chi connectivity index (χ3v) is 5.91. The molecule has 0 saturated heterocycles. The number of nitrogens with zero attached hydrogens (tertiary/aromatic N) is 3. The lowest BCUT2D eigenvalue weighted by atomic mass is 10.2. The molecule has 0 unspecified atom stereocenters. The van der Waals surface area contributed by atoms with E-state index in [-0.39, 0.29) is 5.82 Å². The maximum absolute atomic E-state index is 13.9. The number of rotatable bonds is 8. The summed E-state index contributed by atoms with van der Waals surface area (Å²) in [5, 5.41) is 10.3. The highest BCUT2D eigenvalue weighted by molar-refractivity contribution is 7.98. The lowest BCUT2D eigenvalue weighted by molar-refractivity contribution is 0.307. The van der Waals surface area contributed by atoms with Crippen LogP contribution in [-0.4, -0.2) is 21.4 Å². The van der Waals surface area contributed by atoms with Gasteiger partial charge in [0.15, 0.2) is 5.16 Å². The van der Waals surface area contributed by atoms with Crippen molar-refractivity contribution in [2.24, 2.45) is 7.05 Å². The first-order valence-electron chi connectivity index (χ1n) is 8.78. The predicted molar refractivity (Wildman–Crippen MR) is 112 cm³/mol. The second-order valence-electron chi connectivity index (χ2n) is 6.31. The van der Waals surface area contributed by atoms with E-state index in [9.17, 15) is 4.39 Å². The van der Waals surface area contributed by atoms with Gasteiger partial charge in [-0.1, -0.05) is 41.0 Å². The maximum atomic E-state index is 13.9. The van der Waals surface area contributed by atoms with Gasteiger partial charge in [0.25, 0.3) is 0 Å². The molecule has 4 nitrogen and oxygen atoms in total. The van der Waals surface area contributed by atoms with Gasteiger partial charge in [-0.3, -0.25) is 0 Å². The van der Waals surface area contributed by atoms with E-state index in [0.29, 0.717) is 28.0 Å². The lowest BCUT2D eigenvalue weighted by Gasteiger charge is -2.09. The molecule has 0 bridgehead atoms. The van der Waals surface area contributed by atoms with Gasteiger partial charge in [0.1, 0.15) is 17.4 Å². The second-order valence-corrected chi connectivity index (χ2v) is 8.09. The van der Waals surface area contributed by atoms with Crippen LogP contribution in [0.3, 0.4) is 0 Å². The molecule has 0 amide bonds. The number of aryl methyl sites for hydroxylation is 2. The van der Waals surface area contributed by atoms with Gasteiger partial charge in [0, 0.05) is 34.8 Å². The molecule has 0 N–H and O–H groups in total. The normalized spacial score (nSPS) is 11.0. The Labute approximate surface area is 178 Å². The Hall–Kier alpha value is -1.76. The van der Waals surface area contributed by atoms with Crippen LogP contribution in [0.15, 0.2) is 41.6 Å². The van der Waals surface area contributed by atoms with Crippen LogP contribution >= 0.6 is 35.0 Å². The molecule has 0 aliphatic carbocycles. The van der Waals surface area contributed by atoms with E-state index in [2.05, 4.69) is 10.2 Å². The quantitative estimate of drug-likeness (QED) is 0.324. The molecule has 28 heavy (non-hydrogen) atoms. The first kappa shape index (κ1) is 21.0. The highest BCUT2D eigenvalue weighted by atomic mass is 35.5. The zero-order chi connectivity index (χ0) is 20.1. The van der Waals surface area contributed by atoms with Crippen LogP contribution in [0.1, 0.15) is 23.4 Å². The van der Waals surface area contributed by atoms with Crippen LogP contribution in [0.2, 0.25) is 10.0 Å². The number of hydrogen-bond acceptors (Lipinski definition) is 4. The minimum Gasteiger partial charge on any atom is -0.493 e. The lowest BCUT2D eigenvalue weighted by Crippen LogP contribution is -2.04. The average Bonchev–Trinajstić information content (AvgIpc) is 3.00. The molecular formula is C20H20Cl2FN3OS. The Kier molecular flexibility index (Phi) is 7.21. The molecule has 0 aliphatic heterocycles. The number of thioether (sulfide) groups is 1. The number of ether oxygens (including phenoxy) is 1. The monoisotopic (exact) mass is 439 g/mol. The van der Waals surface area contributed by atoms with Gasteiger partial charge in [-0.05, 0) is 49.2 Å². The van der Waals surface area contributed by atoms with Crippen LogP contribution in [0.5, 0.6) is 5.75 Å². The molecule has 0 aliphatic rings. The van der Waals surface area contributed by atoms with Gasteiger partial charge in [-0.25, -0.2) is 4.39 Å². The molecule has 3 aromatic rings. The first-order valence-corrected chi connectivity index (χ1v) is 10.5. The smallest absolute Gasteiger partial charge is 0.191 e. The average molecular weight is 440 g/mol. The van der Waals surface area contributed by atoms with E-state index in [1.165, 1.54) is 17.8 Å². The highest BCUT2D eigenvalue weighted by Gasteiger charge is 2.13. The maximum Gasteiger partial charge on any atom is 0.191 e. The Morgan fingerprint density at radius 3 is 2.75 bits per heavy atom. The van der Waals surface area contributed by atoms with Crippen molar-refractivity contribution >= 4 is 35.0 Å². The predicted octanol–water partition coefficient (Wildman–Crippen LogP) is 5.87. The van der Waals surface area contributed by atoms with Crippen LogP contribution in [0.25, 0.3) is 0 Å². The van der Waals surface area contributed by atoms with Crippen molar-refractivity contribution in [2.45, 2.75) is 30.7 Å². The molecule has 2 aromatic carbocycles. The van der Waals surface area contributed by atoms with E-state index in [1.807, 2.05) is 36.7 Å². The summed E-state index contributed by atoms with van der Waals surface area (Å²) in [6, 6.07) is 10.3.